The van der Waals surface area contributed by atoms with E-state index in [1.807, 2.05) is 43.9 Å². The topological polar surface area (TPSA) is 55.6 Å². The van der Waals surface area contributed by atoms with Crippen molar-refractivity contribution in [2.24, 2.45) is 5.73 Å². The maximum absolute atomic E-state index is 12.6. The van der Waals surface area contributed by atoms with Gasteiger partial charge in [0.25, 0.3) is 5.91 Å². The third-order valence-corrected chi connectivity index (χ3v) is 4.15. The monoisotopic (exact) mass is 262 g/mol. The molecule has 1 amide bonds. The summed E-state index contributed by atoms with van der Waals surface area (Å²) in [5.41, 5.74) is 7.46. The number of nitrogens with two attached hydrogens (primary N) is 1. The zero-order chi connectivity index (χ0) is 14.2. The number of methoxy groups -OCH3 is 1. The quantitative estimate of drug-likeness (QED) is 0.886. The van der Waals surface area contributed by atoms with Crippen LogP contribution in [0.2, 0.25) is 0 Å². The third-order valence-electron chi connectivity index (χ3n) is 4.15. The second-order valence-corrected chi connectivity index (χ2v) is 5.69. The van der Waals surface area contributed by atoms with E-state index < -0.39 is 0 Å². The highest BCUT2D eigenvalue weighted by Gasteiger charge is 2.41. The molecule has 0 radical (unpaired) electrons. The number of carbonyl (C=O) groups excluding carboxylic acids is 1. The fourth-order valence-electron chi connectivity index (χ4n) is 2.64. The van der Waals surface area contributed by atoms with E-state index in [1.165, 1.54) is 0 Å². The lowest BCUT2D eigenvalue weighted by molar-refractivity contribution is 0.0637. The van der Waals surface area contributed by atoms with Crippen LogP contribution < -0.4 is 10.5 Å². The number of hydrogen-bond acceptors (Lipinski definition) is 3. The molecule has 0 saturated carbocycles. The van der Waals surface area contributed by atoms with E-state index in [4.69, 9.17) is 10.5 Å². The second kappa shape index (κ2) is 4.85. The zero-order valence-corrected chi connectivity index (χ0v) is 12.1. The van der Waals surface area contributed by atoms with Crippen LogP contribution in [-0.2, 0) is 0 Å². The number of aryl methyl sites for hydroxylation is 1. The molecule has 1 heterocycles. The lowest BCUT2D eigenvalue weighted by Gasteiger charge is -2.34. The Labute approximate surface area is 114 Å². The van der Waals surface area contributed by atoms with Crippen molar-refractivity contribution in [3.63, 3.8) is 0 Å². The number of nitrogens with zero attached hydrogens (tertiary/aromatic N) is 1. The molecule has 0 bridgehead atoms. The summed E-state index contributed by atoms with van der Waals surface area (Å²) in [6.07, 6.45) is 0.855. The summed E-state index contributed by atoms with van der Waals surface area (Å²) >= 11 is 0. The maximum Gasteiger partial charge on any atom is 0.254 e. The van der Waals surface area contributed by atoms with Gasteiger partial charge in [-0.2, -0.15) is 0 Å². The van der Waals surface area contributed by atoms with Crippen LogP contribution in [0.15, 0.2) is 18.2 Å². The number of rotatable bonds is 2. The van der Waals surface area contributed by atoms with E-state index in [0.29, 0.717) is 5.56 Å². The fraction of sp³-hybridized carbons (Fsp3) is 0.533. The number of likely N-dealkylation sites (tertiary alicyclic amines) is 1. The van der Waals surface area contributed by atoms with Crippen molar-refractivity contribution in [1.82, 2.24) is 4.90 Å². The van der Waals surface area contributed by atoms with Crippen LogP contribution in [0.4, 0.5) is 0 Å². The predicted octanol–water partition coefficient (Wildman–Crippen LogP) is 1.96. The van der Waals surface area contributed by atoms with E-state index in [9.17, 15) is 4.79 Å². The van der Waals surface area contributed by atoms with Gasteiger partial charge in [0, 0.05) is 18.2 Å². The van der Waals surface area contributed by atoms with E-state index >= 15 is 0 Å². The lowest BCUT2D eigenvalue weighted by Crippen LogP contribution is -2.51. The molecule has 0 spiro atoms. The molecule has 1 atom stereocenters. The first kappa shape index (κ1) is 13.9. The number of amides is 1. The summed E-state index contributed by atoms with van der Waals surface area (Å²) < 4.78 is 5.22. The first-order chi connectivity index (χ1) is 8.87. The fourth-order valence-corrected chi connectivity index (χ4v) is 2.64. The Morgan fingerprint density at radius 2 is 2.16 bits per heavy atom. The Hall–Kier alpha value is -1.55. The van der Waals surface area contributed by atoms with Crippen molar-refractivity contribution in [1.29, 1.82) is 0 Å². The van der Waals surface area contributed by atoms with Crippen molar-refractivity contribution in [3.8, 4) is 5.75 Å². The standard InChI is InChI=1S/C15H22N2O2/c1-10-9-11(5-6-12(10)19-4)14(18)17-8-7-13(16)15(17,2)3/h5-6,9,13H,7-8,16H2,1-4H3. The Morgan fingerprint density at radius 1 is 1.47 bits per heavy atom. The third kappa shape index (κ3) is 2.32. The number of benzene rings is 1. The van der Waals surface area contributed by atoms with Crippen LogP contribution in [0.1, 0.15) is 36.2 Å². The highest BCUT2D eigenvalue weighted by Crippen LogP contribution is 2.30. The summed E-state index contributed by atoms with van der Waals surface area (Å²) in [4.78, 5) is 14.5. The minimum atomic E-state index is -0.287. The van der Waals surface area contributed by atoms with Gasteiger partial charge < -0.3 is 15.4 Å². The van der Waals surface area contributed by atoms with Gasteiger partial charge >= 0.3 is 0 Å². The van der Waals surface area contributed by atoms with Crippen LogP contribution in [-0.4, -0.2) is 36.0 Å². The molecule has 1 aliphatic rings. The van der Waals surface area contributed by atoms with Crippen molar-refractivity contribution >= 4 is 5.91 Å². The van der Waals surface area contributed by atoms with Gasteiger partial charge in [-0.15, -0.1) is 0 Å². The summed E-state index contributed by atoms with van der Waals surface area (Å²) in [5.74, 6) is 0.845. The van der Waals surface area contributed by atoms with Crippen LogP contribution in [0, 0.1) is 6.92 Å². The maximum atomic E-state index is 12.6. The Bertz CT molecular complexity index is 497. The van der Waals surface area contributed by atoms with E-state index in [1.54, 1.807) is 7.11 Å². The SMILES string of the molecule is COc1ccc(C(=O)N2CCC(N)C2(C)C)cc1C. The van der Waals surface area contributed by atoms with E-state index in [0.717, 1.165) is 24.3 Å². The second-order valence-electron chi connectivity index (χ2n) is 5.69. The Balaban J connectivity index is 2.28. The number of carbonyl (C=O) groups is 1. The molecule has 1 saturated heterocycles. The first-order valence-electron chi connectivity index (χ1n) is 6.60. The largest absolute Gasteiger partial charge is 0.496 e. The average Bonchev–Trinajstić information content (AvgIpc) is 2.63. The highest BCUT2D eigenvalue weighted by atomic mass is 16.5. The van der Waals surface area contributed by atoms with Crippen LogP contribution in [0.3, 0.4) is 0 Å². The van der Waals surface area contributed by atoms with Crippen molar-refractivity contribution in [3.05, 3.63) is 29.3 Å². The van der Waals surface area contributed by atoms with Gasteiger partial charge in [0.05, 0.1) is 12.6 Å². The molecule has 4 nitrogen and oxygen atoms in total. The minimum absolute atomic E-state index is 0.0378. The van der Waals surface area contributed by atoms with E-state index in [-0.39, 0.29) is 17.5 Å². The number of hydrogen-bond donors (Lipinski definition) is 1. The van der Waals surface area contributed by atoms with Crippen molar-refractivity contribution in [2.75, 3.05) is 13.7 Å². The molecule has 1 aliphatic heterocycles. The normalized spacial score (nSPS) is 21.5. The lowest BCUT2D eigenvalue weighted by atomic mass is 9.96. The Morgan fingerprint density at radius 3 is 2.63 bits per heavy atom. The van der Waals surface area contributed by atoms with Crippen molar-refractivity contribution < 1.29 is 9.53 Å². The molecule has 104 valence electrons. The van der Waals surface area contributed by atoms with E-state index in [2.05, 4.69) is 0 Å². The summed E-state index contributed by atoms with van der Waals surface area (Å²) in [7, 11) is 1.63. The molecule has 4 heteroatoms. The van der Waals surface area contributed by atoms with Gasteiger partial charge in [-0.25, -0.2) is 0 Å². The molecule has 1 aromatic carbocycles. The first-order valence-corrected chi connectivity index (χ1v) is 6.60. The molecule has 0 aliphatic carbocycles. The van der Waals surface area contributed by atoms with Crippen LogP contribution >= 0.6 is 0 Å². The molecule has 2 rings (SSSR count). The average molecular weight is 262 g/mol. The van der Waals surface area contributed by atoms with Gasteiger partial charge in [-0.1, -0.05) is 0 Å². The number of ether oxygens (including phenoxy) is 1. The molecule has 1 unspecified atom stereocenters. The van der Waals surface area contributed by atoms with Gasteiger partial charge in [-0.3, -0.25) is 4.79 Å². The van der Waals surface area contributed by atoms with Gasteiger partial charge in [0.2, 0.25) is 0 Å². The minimum Gasteiger partial charge on any atom is -0.496 e. The summed E-state index contributed by atoms with van der Waals surface area (Å²) in [6, 6.07) is 5.57. The summed E-state index contributed by atoms with van der Waals surface area (Å²) in [6.45, 7) is 6.71. The highest BCUT2D eigenvalue weighted by molar-refractivity contribution is 5.95. The predicted molar refractivity (Wildman–Crippen MR) is 75.4 cm³/mol. The van der Waals surface area contributed by atoms with Crippen LogP contribution in [0.25, 0.3) is 0 Å². The molecule has 0 aromatic heterocycles. The Kier molecular flexibility index (Phi) is 3.54. The molecule has 1 aromatic rings. The van der Waals surface area contributed by atoms with Crippen LogP contribution in [0.5, 0.6) is 5.75 Å². The van der Waals surface area contributed by atoms with Crippen molar-refractivity contribution in [2.45, 2.75) is 38.8 Å². The zero-order valence-electron chi connectivity index (χ0n) is 12.1. The summed E-state index contributed by atoms with van der Waals surface area (Å²) in [5, 5.41) is 0. The molecular formula is C15H22N2O2. The molecule has 1 fully saturated rings. The van der Waals surface area contributed by atoms with Gasteiger partial charge in [0.15, 0.2) is 0 Å². The molecule has 19 heavy (non-hydrogen) atoms. The smallest absolute Gasteiger partial charge is 0.254 e. The molecular weight excluding hydrogens is 240 g/mol. The molecule has 2 N–H and O–H groups in total. The van der Waals surface area contributed by atoms with Gasteiger partial charge in [0.1, 0.15) is 5.75 Å². The van der Waals surface area contributed by atoms with Gasteiger partial charge in [-0.05, 0) is 51.0 Å².